The first-order valence-corrected chi connectivity index (χ1v) is 10.6. The zero-order chi connectivity index (χ0) is 24.4. The molecule has 1 atom stereocenters. The Morgan fingerprint density at radius 1 is 1.17 bits per heavy atom. The van der Waals surface area contributed by atoms with Crippen LogP contribution in [-0.4, -0.2) is 47.6 Å². The predicted molar refractivity (Wildman–Crippen MR) is 123 cm³/mol. The number of nitrogens with zero attached hydrogens (tertiary/aromatic N) is 8. The second-order valence-electron chi connectivity index (χ2n) is 7.68. The second kappa shape index (κ2) is 9.18. The number of fused-ring (bicyclic) bond motifs is 1. The molecule has 0 unspecified atom stereocenters. The lowest BCUT2D eigenvalue weighted by atomic mass is 10.0. The first-order chi connectivity index (χ1) is 17.1. The number of hydrogen-bond acceptors (Lipinski definition) is 8. The molecular weight excluding hydrogens is 451 g/mol. The van der Waals surface area contributed by atoms with E-state index in [0.717, 1.165) is 0 Å². The highest BCUT2D eigenvalue weighted by atomic mass is 19.1. The molecule has 10 nitrogen and oxygen atoms in total. The third-order valence-corrected chi connectivity index (χ3v) is 5.26. The van der Waals surface area contributed by atoms with Crippen LogP contribution in [-0.2, 0) is 6.54 Å². The second-order valence-corrected chi connectivity index (χ2v) is 7.68. The maximum atomic E-state index is 14.3. The van der Waals surface area contributed by atoms with Gasteiger partial charge in [-0.1, -0.05) is 6.07 Å². The van der Waals surface area contributed by atoms with Crippen molar-refractivity contribution in [1.29, 1.82) is 5.26 Å². The summed E-state index contributed by atoms with van der Waals surface area (Å²) in [5.41, 5.74) is 2.63. The zero-order valence-electron chi connectivity index (χ0n) is 18.8. The lowest BCUT2D eigenvalue weighted by Gasteiger charge is -2.14. The lowest BCUT2D eigenvalue weighted by Crippen LogP contribution is -2.20. The maximum absolute atomic E-state index is 14.3. The van der Waals surface area contributed by atoms with E-state index < -0.39 is 5.82 Å². The van der Waals surface area contributed by atoms with Crippen LogP contribution in [0.25, 0.3) is 28.3 Å². The molecule has 0 radical (unpaired) electrons. The Labute approximate surface area is 199 Å². The molecule has 0 bridgehead atoms. The first kappa shape index (κ1) is 22.0. The van der Waals surface area contributed by atoms with E-state index in [-0.39, 0.29) is 17.4 Å². The van der Waals surface area contributed by atoms with E-state index in [9.17, 15) is 9.65 Å². The van der Waals surface area contributed by atoms with E-state index in [1.54, 1.807) is 39.9 Å². The maximum Gasteiger partial charge on any atom is 0.214 e. The van der Waals surface area contributed by atoms with Gasteiger partial charge >= 0.3 is 0 Å². The van der Waals surface area contributed by atoms with E-state index in [2.05, 4.69) is 31.2 Å². The Hall–Kier alpha value is -4.85. The van der Waals surface area contributed by atoms with Crippen LogP contribution in [0.1, 0.15) is 12.5 Å². The Kier molecular flexibility index (Phi) is 5.76. The predicted octanol–water partition coefficient (Wildman–Crippen LogP) is 3.54. The smallest absolute Gasteiger partial charge is 0.214 e. The van der Waals surface area contributed by atoms with Crippen molar-refractivity contribution in [3.63, 3.8) is 0 Å². The Bertz CT molecular complexity index is 1540. The summed E-state index contributed by atoms with van der Waals surface area (Å²) in [4.78, 5) is 12.9. The Balaban J connectivity index is 1.50. The monoisotopic (exact) mass is 470 g/mol. The molecule has 0 fully saturated rings. The summed E-state index contributed by atoms with van der Waals surface area (Å²) in [5.74, 6) is 0.0399. The average Bonchev–Trinajstić information content (AvgIpc) is 3.53. The normalized spacial score (nSPS) is 11.8. The van der Waals surface area contributed by atoms with E-state index in [1.807, 2.05) is 19.1 Å². The molecule has 0 aliphatic rings. The molecule has 5 aromatic rings. The van der Waals surface area contributed by atoms with Gasteiger partial charge in [0.05, 0.1) is 31.2 Å². The third kappa shape index (κ3) is 4.37. The van der Waals surface area contributed by atoms with Crippen LogP contribution >= 0.6 is 0 Å². The minimum atomic E-state index is -0.534. The number of halogens is 1. The molecule has 4 aromatic heterocycles. The SMILES string of the molecule is COc1cc(F)cc(-c2cnc3ccc(-c4cccc(O[C@@H](C)Cn5cncn5)n4)nn23)c1C#N. The standard InChI is InChI=1S/C24H19FN8O2/c1-15(12-32-14-27-13-29-32)35-24-5-3-4-19(30-24)20-6-7-23-28-11-21(33(23)31-20)17-8-16(25)9-22(34-2)18(17)10-26/h3-9,11,13-15H,12H2,1-2H3/t15-/m0/s1. The molecule has 0 amide bonds. The molecule has 0 aliphatic carbocycles. The number of methoxy groups -OCH3 is 1. The molecule has 0 N–H and O–H groups in total. The Morgan fingerprint density at radius 2 is 2.06 bits per heavy atom. The van der Waals surface area contributed by atoms with Crippen molar-refractivity contribution in [2.24, 2.45) is 0 Å². The van der Waals surface area contributed by atoms with Crippen LogP contribution in [0.3, 0.4) is 0 Å². The van der Waals surface area contributed by atoms with E-state index >= 15 is 0 Å². The van der Waals surface area contributed by atoms with Crippen molar-refractivity contribution in [2.75, 3.05) is 7.11 Å². The van der Waals surface area contributed by atoms with Gasteiger partial charge in [-0.25, -0.2) is 28.5 Å². The minimum absolute atomic E-state index is 0.139. The highest BCUT2D eigenvalue weighted by molar-refractivity contribution is 5.73. The summed E-state index contributed by atoms with van der Waals surface area (Å²) in [7, 11) is 1.39. The molecule has 0 saturated carbocycles. The molecule has 5 rings (SSSR count). The van der Waals surface area contributed by atoms with Crippen LogP contribution in [0, 0.1) is 17.1 Å². The quantitative estimate of drug-likeness (QED) is 0.355. The number of pyridine rings is 1. The molecule has 174 valence electrons. The molecular formula is C24H19FN8O2. The van der Waals surface area contributed by atoms with Gasteiger partial charge in [0.15, 0.2) is 5.65 Å². The summed E-state index contributed by atoms with van der Waals surface area (Å²) in [6.07, 6.45) is 4.44. The highest BCUT2D eigenvalue weighted by Gasteiger charge is 2.18. The summed E-state index contributed by atoms with van der Waals surface area (Å²) in [6.45, 7) is 2.44. The fraction of sp³-hybridized carbons (Fsp3) is 0.167. The fourth-order valence-electron chi connectivity index (χ4n) is 3.71. The van der Waals surface area contributed by atoms with Gasteiger partial charge in [0.1, 0.15) is 47.7 Å². The van der Waals surface area contributed by atoms with Gasteiger partial charge < -0.3 is 9.47 Å². The van der Waals surface area contributed by atoms with Gasteiger partial charge in [0.25, 0.3) is 0 Å². The van der Waals surface area contributed by atoms with Crippen LogP contribution in [0.2, 0.25) is 0 Å². The lowest BCUT2D eigenvalue weighted by molar-refractivity contribution is 0.186. The summed E-state index contributed by atoms with van der Waals surface area (Å²) in [5, 5.41) is 18.4. The Morgan fingerprint density at radius 3 is 2.83 bits per heavy atom. The van der Waals surface area contributed by atoms with Crippen molar-refractivity contribution in [2.45, 2.75) is 19.6 Å². The summed E-state index contributed by atoms with van der Waals surface area (Å²) in [6, 6.07) is 13.5. The van der Waals surface area contributed by atoms with Crippen molar-refractivity contribution >= 4 is 5.65 Å². The molecule has 35 heavy (non-hydrogen) atoms. The van der Waals surface area contributed by atoms with Gasteiger partial charge in [-0.15, -0.1) is 0 Å². The van der Waals surface area contributed by atoms with Crippen LogP contribution < -0.4 is 9.47 Å². The third-order valence-electron chi connectivity index (χ3n) is 5.26. The fourth-order valence-corrected chi connectivity index (χ4v) is 3.71. The van der Waals surface area contributed by atoms with Crippen LogP contribution in [0.4, 0.5) is 4.39 Å². The van der Waals surface area contributed by atoms with E-state index in [0.29, 0.717) is 40.7 Å². The average molecular weight is 470 g/mol. The van der Waals surface area contributed by atoms with Gasteiger partial charge in [0, 0.05) is 17.7 Å². The van der Waals surface area contributed by atoms with Gasteiger partial charge in [-0.2, -0.15) is 15.5 Å². The zero-order valence-corrected chi connectivity index (χ0v) is 18.8. The van der Waals surface area contributed by atoms with Crippen LogP contribution in [0.5, 0.6) is 11.6 Å². The topological polar surface area (TPSA) is 116 Å². The first-order valence-electron chi connectivity index (χ1n) is 10.6. The number of ether oxygens (including phenoxy) is 2. The molecule has 4 heterocycles. The van der Waals surface area contributed by atoms with Gasteiger partial charge in [-0.3, -0.25) is 0 Å². The number of nitriles is 1. The van der Waals surface area contributed by atoms with Crippen LogP contribution in [0.15, 0.2) is 61.3 Å². The molecule has 0 aliphatic heterocycles. The number of benzene rings is 1. The van der Waals surface area contributed by atoms with Crippen molar-refractivity contribution in [1.82, 2.24) is 34.3 Å². The largest absolute Gasteiger partial charge is 0.495 e. The summed E-state index contributed by atoms with van der Waals surface area (Å²) >= 11 is 0. The summed E-state index contributed by atoms with van der Waals surface area (Å²) < 4.78 is 28.6. The molecule has 0 saturated heterocycles. The van der Waals surface area contributed by atoms with Gasteiger partial charge in [-0.05, 0) is 31.2 Å². The van der Waals surface area contributed by atoms with E-state index in [1.165, 1.54) is 25.6 Å². The number of hydrogen-bond donors (Lipinski definition) is 0. The minimum Gasteiger partial charge on any atom is -0.495 e. The van der Waals surface area contributed by atoms with Crippen molar-refractivity contribution < 1.29 is 13.9 Å². The number of aromatic nitrogens is 7. The van der Waals surface area contributed by atoms with Crippen molar-refractivity contribution in [3.8, 4) is 40.3 Å². The molecule has 0 spiro atoms. The van der Waals surface area contributed by atoms with Gasteiger partial charge in [0.2, 0.25) is 5.88 Å². The number of imidazole rings is 1. The molecule has 11 heteroatoms. The van der Waals surface area contributed by atoms with E-state index in [4.69, 9.17) is 9.47 Å². The number of rotatable bonds is 7. The van der Waals surface area contributed by atoms with Crippen molar-refractivity contribution in [3.05, 3.63) is 72.7 Å². The molecule has 1 aromatic carbocycles. The highest BCUT2D eigenvalue weighted by Crippen LogP contribution is 2.32.